The number of fused-ring (bicyclic) bond motifs is 2. The van der Waals surface area contributed by atoms with Crippen molar-refractivity contribution in [2.24, 2.45) is 0 Å². The second-order valence-corrected chi connectivity index (χ2v) is 11.2. The quantitative estimate of drug-likeness (QED) is 0.372. The first-order valence-corrected chi connectivity index (χ1v) is 13.8. The summed E-state index contributed by atoms with van der Waals surface area (Å²) in [5.74, 6) is -0.000765. The van der Waals surface area contributed by atoms with Gasteiger partial charge in [-0.2, -0.15) is 5.10 Å². The van der Waals surface area contributed by atoms with Crippen molar-refractivity contribution in [1.29, 1.82) is 0 Å². The van der Waals surface area contributed by atoms with Crippen LogP contribution < -0.4 is 0 Å². The van der Waals surface area contributed by atoms with Crippen molar-refractivity contribution >= 4 is 23.0 Å². The lowest BCUT2D eigenvalue weighted by Gasteiger charge is -2.33. The summed E-state index contributed by atoms with van der Waals surface area (Å²) in [7, 11) is 0. The third-order valence-electron chi connectivity index (χ3n) is 8.76. The Labute approximate surface area is 226 Å². The highest BCUT2D eigenvalue weighted by molar-refractivity contribution is 5.95. The molecule has 9 nitrogen and oxygen atoms in total. The van der Waals surface area contributed by atoms with Crippen LogP contribution in [0.1, 0.15) is 76.1 Å². The minimum absolute atomic E-state index is 0.000765. The number of nitrogens with zero attached hydrogens (tertiary/aromatic N) is 5. The first kappa shape index (κ1) is 23.9. The number of likely N-dealkylation sites (tertiary alicyclic amines) is 1. The molecule has 3 aliphatic rings. The Balaban J connectivity index is 1.29. The van der Waals surface area contributed by atoms with Crippen molar-refractivity contribution in [3.63, 3.8) is 0 Å². The summed E-state index contributed by atoms with van der Waals surface area (Å²) in [6, 6.07) is 6.70. The van der Waals surface area contributed by atoms with Crippen LogP contribution in [0.2, 0.25) is 0 Å². The first-order valence-electron chi connectivity index (χ1n) is 13.8. The molecule has 39 heavy (non-hydrogen) atoms. The summed E-state index contributed by atoms with van der Waals surface area (Å²) in [6.07, 6.45) is 9.22. The number of hydrogen-bond donors (Lipinski definition) is 2. The number of aryl methyl sites for hydroxylation is 1. The van der Waals surface area contributed by atoms with Gasteiger partial charge in [0.2, 0.25) is 0 Å². The van der Waals surface area contributed by atoms with Gasteiger partial charge in [0.25, 0.3) is 5.91 Å². The summed E-state index contributed by atoms with van der Waals surface area (Å²) in [5, 5.41) is 15.6. The molecule has 3 aromatic heterocycles. The van der Waals surface area contributed by atoms with Crippen LogP contribution in [-0.2, 0) is 13.0 Å². The van der Waals surface area contributed by atoms with Gasteiger partial charge in [-0.05, 0) is 85.9 Å². The van der Waals surface area contributed by atoms with Gasteiger partial charge in [0.15, 0.2) is 0 Å². The zero-order chi connectivity index (χ0) is 26.8. The van der Waals surface area contributed by atoms with E-state index in [-0.39, 0.29) is 11.9 Å². The smallest absolute Gasteiger partial charge is 0.407 e. The molecular formula is C30H32N6O3. The number of carbonyl (C=O) groups excluding carboxylic acids is 1. The third kappa shape index (κ3) is 3.99. The van der Waals surface area contributed by atoms with Crippen LogP contribution in [-0.4, -0.2) is 59.7 Å². The van der Waals surface area contributed by atoms with Gasteiger partial charge in [-0.1, -0.05) is 6.07 Å². The van der Waals surface area contributed by atoms with Gasteiger partial charge in [0.05, 0.1) is 23.8 Å². The normalized spacial score (nSPS) is 19.1. The minimum Gasteiger partial charge on any atom is -0.465 e. The lowest BCUT2D eigenvalue weighted by Crippen LogP contribution is -2.38. The van der Waals surface area contributed by atoms with E-state index in [0.717, 1.165) is 76.6 Å². The highest BCUT2D eigenvalue weighted by Crippen LogP contribution is 2.40. The predicted molar refractivity (Wildman–Crippen MR) is 147 cm³/mol. The Bertz CT molecular complexity index is 1630. The molecule has 1 saturated heterocycles. The molecule has 2 fully saturated rings. The van der Waals surface area contributed by atoms with Crippen molar-refractivity contribution < 1.29 is 14.7 Å². The number of carbonyl (C=O) groups is 2. The second kappa shape index (κ2) is 8.97. The van der Waals surface area contributed by atoms with E-state index in [1.807, 2.05) is 28.9 Å². The number of amides is 2. The Kier molecular flexibility index (Phi) is 5.50. The van der Waals surface area contributed by atoms with E-state index in [4.69, 9.17) is 0 Å². The van der Waals surface area contributed by atoms with Crippen LogP contribution in [0.3, 0.4) is 0 Å². The standard InChI is InChI=1S/C30H32N6O3/c1-17-13-31-28-23(17)12-21(14-32-28)20-10-19-7-9-34(29(37)25-15-33-36(18(25)2)22-5-6-22)16-26(19)24(11-20)27-4-3-8-35(27)30(38)39/h10-15,22,27H,3-9,16H2,1-2H3,(H,31,32)(H,38,39). The average Bonchev–Trinajstić information content (AvgIpc) is 3.35. The number of benzene rings is 1. The Morgan fingerprint density at radius 3 is 2.69 bits per heavy atom. The molecule has 2 aliphatic heterocycles. The average molecular weight is 525 g/mol. The number of aromatic amines is 1. The van der Waals surface area contributed by atoms with E-state index in [1.165, 1.54) is 5.56 Å². The summed E-state index contributed by atoms with van der Waals surface area (Å²) in [4.78, 5) is 37.1. The Morgan fingerprint density at radius 1 is 1.05 bits per heavy atom. The molecule has 1 atom stereocenters. The number of H-pyrrole nitrogens is 1. The van der Waals surface area contributed by atoms with E-state index < -0.39 is 6.09 Å². The lowest BCUT2D eigenvalue weighted by atomic mass is 9.86. The number of hydrogen-bond acceptors (Lipinski definition) is 4. The molecule has 1 aromatic carbocycles. The molecule has 1 aliphatic carbocycles. The molecular weight excluding hydrogens is 492 g/mol. The van der Waals surface area contributed by atoms with Crippen LogP contribution in [0.5, 0.6) is 0 Å². The molecule has 2 amide bonds. The predicted octanol–water partition coefficient (Wildman–Crippen LogP) is 5.39. The van der Waals surface area contributed by atoms with Gasteiger partial charge < -0.3 is 19.9 Å². The number of nitrogens with one attached hydrogen (secondary N) is 1. The molecule has 200 valence electrons. The maximum absolute atomic E-state index is 13.7. The zero-order valence-electron chi connectivity index (χ0n) is 22.3. The molecule has 2 N–H and O–H groups in total. The Hall–Kier alpha value is -4.14. The van der Waals surface area contributed by atoms with Gasteiger partial charge in [0.1, 0.15) is 5.65 Å². The van der Waals surface area contributed by atoms with Crippen molar-refractivity contribution in [3.05, 3.63) is 70.3 Å². The fourth-order valence-electron chi connectivity index (χ4n) is 6.44. The SMILES string of the molecule is Cc1c[nH]c2ncc(-c3cc4c(c(C5CCCN5C(=O)O)c3)CN(C(=O)c3cnn(C5CC5)c3C)CC4)cc12. The van der Waals surface area contributed by atoms with Crippen LogP contribution in [0, 0.1) is 13.8 Å². The molecule has 0 radical (unpaired) electrons. The topological polar surface area (TPSA) is 107 Å². The summed E-state index contributed by atoms with van der Waals surface area (Å²) in [5.41, 5.74) is 8.91. The van der Waals surface area contributed by atoms with E-state index >= 15 is 0 Å². The van der Waals surface area contributed by atoms with E-state index in [0.29, 0.717) is 31.2 Å². The fourth-order valence-corrected chi connectivity index (χ4v) is 6.44. The van der Waals surface area contributed by atoms with Gasteiger partial charge >= 0.3 is 6.09 Å². The van der Waals surface area contributed by atoms with Gasteiger partial charge in [-0.25, -0.2) is 9.78 Å². The van der Waals surface area contributed by atoms with Gasteiger partial charge in [0, 0.05) is 48.7 Å². The largest absolute Gasteiger partial charge is 0.465 e. The van der Waals surface area contributed by atoms with E-state index in [2.05, 4.69) is 40.2 Å². The van der Waals surface area contributed by atoms with Gasteiger partial charge in [-0.3, -0.25) is 9.48 Å². The van der Waals surface area contributed by atoms with Crippen molar-refractivity contribution in [2.75, 3.05) is 13.1 Å². The number of carboxylic acid groups (broad SMARTS) is 1. The highest BCUT2D eigenvalue weighted by atomic mass is 16.4. The molecule has 0 spiro atoms. The third-order valence-corrected chi connectivity index (χ3v) is 8.76. The number of rotatable bonds is 4. The highest BCUT2D eigenvalue weighted by Gasteiger charge is 2.35. The molecule has 1 saturated carbocycles. The zero-order valence-corrected chi connectivity index (χ0v) is 22.3. The monoisotopic (exact) mass is 524 g/mol. The molecule has 5 heterocycles. The van der Waals surface area contributed by atoms with Crippen molar-refractivity contribution in [2.45, 2.75) is 64.6 Å². The van der Waals surface area contributed by atoms with Crippen LogP contribution in [0.15, 0.2) is 36.8 Å². The molecule has 4 aromatic rings. The lowest BCUT2D eigenvalue weighted by molar-refractivity contribution is 0.0731. The van der Waals surface area contributed by atoms with E-state index in [1.54, 1.807) is 11.1 Å². The van der Waals surface area contributed by atoms with Crippen molar-refractivity contribution in [3.8, 4) is 11.1 Å². The summed E-state index contributed by atoms with van der Waals surface area (Å²) < 4.78 is 1.99. The molecule has 0 bridgehead atoms. The van der Waals surface area contributed by atoms with Crippen molar-refractivity contribution in [1.82, 2.24) is 29.5 Å². The maximum Gasteiger partial charge on any atom is 0.407 e. The molecule has 1 unspecified atom stereocenters. The second-order valence-electron chi connectivity index (χ2n) is 11.2. The van der Waals surface area contributed by atoms with Crippen LogP contribution >= 0.6 is 0 Å². The maximum atomic E-state index is 13.7. The van der Waals surface area contributed by atoms with Gasteiger partial charge in [-0.15, -0.1) is 0 Å². The summed E-state index contributed by atoms with van der Waals surface area (Å²) >= 11 is 0. The van der Waals surface area contributed by atoms with Crippen LogP contribution in [0.4, 0.5) is 4.79 Å². The summed E-state index contributed by atoms with van der Waals surface area (Å²) in [6.45, 7) is 5.65. The Morgan fingerprint density at radius 2 is 1.90 bits per heavy atom. The first-order chi connectivity index (χ1) is 18.9. The van der Waals surface area contributed by atoms with Crippen LogP contribution in [0.25, 0.3) is 22.2 Å². The number of pyridine rings is 1. The minimum atomic E-state index is -0.894. The molecule has 9 heteroatoms. The fraction of sp³-hybridized carbons (Fsp3) is 0.400. The van der Waals surface area contributed by atoms with E-state index in [9.17, 15) is 14.7 Å². The molecule has 7 rings (SSSR count). The number of aromatic nitrogens is 4.